The molecule has 0 unspecified atom stereocenters. The first kappa shape index (κ1) is 32.4. The number of nitrogens with zero attached hydrogens (tertiary/aromatic N) is 1. The molecule has 0 bridgehead atoms. The molecule has 0 N–H and O–H groups in total. The largest absolute Gasteiger partial charge is 0.310 e. The third kappa shape index (κ3) is 6.22. The summed E-state index contributed by atoms with van der Waals surface area (Å²) in [5.41, 5.74) is 12.8. The molecular weight excluding hydrogens is 663 g/mol. The van der Waals surface area contributed by atoms with Crippen molar-refractivity contribution < 1.29 is 0 Å². The summed E-state index contributed by atoms with van der Waals surface area (Å²) in [4.78, 5) is 2.42. The van der Waals surface area contributed by atoms with Crippen LogP contribution in [0.2, 0.25) is 0 Å². The van der Waals surface area contributed by atoms with Crippen molar-refractivity contribution in [2.45, 2.75) is 0 Å². The van der Waals surface area contributed by atoms with Crippen molar-refractivity contribution in [3.05, 3.63) is 224 Å². The Morgan fingerprint density at radius 3 is 1.31 bits per heavy atom. The molecule has 0 saturated carbocycles. The maximum atomic E-state index is 2.42. The van der Waals surface area contributed by atoms with Gasteiger partial charge < -0.3 is 4.90 Å². The highest BCUT2D eigenvalue weighted by molar-refractivity contribution is 5.99. The zero-order chi connectivity index (χ0) is 36.6. The maximum Gasteiger partial charge on any atom is 0.0546 e. The molecule has 258 valence electrons. The van der Waals surface area contributed by atoms with Crippen LogP contribution < -0.4 is 4.90 Å². The molecule has 1 heteroatoms. The van der Waals surface area contributed by atoms with Crippen molar-refractivity contribution in [2.24, 2.45) is 0 Å². The Morgan fingerprint density at radius 2 is 0.709 bits per heavy atom. The molecule has 0 atom stereocenters. The quantitative estimate of drug-likeness (QED) is 0.160. The van der Waals surface area contributed by atoms with Crippen LogP contribution >= 0.6 is 0 Å². The van der Waals surface area contributed by atoms with Crippen LogP contribution in [-0.2, 0) is 0 Å². The van der Waals surface area contributed by atoms with E-state index in [1.165, 1.54) is 76.8 Å². The van der Waals surface area contributed by atoms with Crippen LogP contribution in [0.1, 0.15) is 0 Å². The van der Waals surface area contributed by atoms with Gasteiger partial charge in [-0.2, -0.15) is 0 Å². The van der Waals surface area contributed by atoms with Gasteiger partial charge in [0.25, 0.3) is 0 Å². The summed E-state index contributed by atoms with van der Waals surface area (Å²) in [6.45, 7) is 0. The van der Waals surface area contributed by atoms with Gasteiger partial charge in [-0.05, 0) is 114 Å². The lowest BCUT2D eigenvalue weighted by atomic mass is 9.94. The lowest BCUT2D eigenvalue weighted by Gasteiger charge is -2.29. The summed E-state index contributed by atoms with van der Waals surface area (Å²) in [6.07, 6.45) is 0. The molecule has 0 aliphatic heterocycles. The highest BCUT2D eigenvalue weighted by Crippen LogP contribution is 2.44. The molecular formula is C54H37N. The number of benzene rings is 10. The molecule has 10 aromatic carbocycles. The monoisotopic (exact) mass is 699 g/mol. The lowest BCUT2D eigenvalue weighted by molar-refractivity contribution is 1.28. The normalized spacial score (nSPS) is 11.3. The second-order valence-electron chi connectivity index (χ2n) is 14.2. The highest BCUT2D eigenvalue weighted by atomic mass is 15.1. The molecule has 55 heavy (non-hydrogen) atoms. The van der Waals surface area contributed by atoms with Crippen LogP contribution in [-0.4, -0.2) is 0 Å². The standard InChI is InChI=1S/C54H37N/c1-2-13-43(14-3-1)53-34-29-48(52-20-10-18-42-15-8-9-19-51(42)52)37-54(53)55(49-30-25-40(26-31-49)46-23-21-38-11-4-6-16-44(38)35-46)50-32-27-41(28-33-50)47-24-22-39-12-5-7-17-45(39)36-47/h1-37H. The summed E-state index contributed by atoms with van der Waals surface area (Å²) in [5.74, 6) is 0. The zero-order valence-corrected chi connectivity index (χ0v) is 30.3. The molecule has 0 aromatic heterocycles. The van der Waals surface area contributed by atoms with Crippen LogP contribution in [0.3, 0.4) is 0 Å². The van der Waals surface area contributed by atoms with E-state index in [1.54, 1.807) is 0 Å². The molecule has 0 saturated heterocycles. The van der Waals surface area contributed by atoms with Gasteiger partial charge in [0, 0.05) is 16.9 Å². The van der Waals surface area contributed by atoms with E-state index in [9.17, 15) is 0 Å². The van der Waals surface area contributed by atoms with Crippen molar-refractivity contribution in [2.75, 3.05) is 4.90 Å². The number of anilines is 3. The predicted octanol–water partition coefficient (Wildman–Crippen LogP) is 15.3. The van der Waals surface area contributed by atoms with Crippen LogP contribution in [0.4, 0.5) is 17.1 Å². The van der Waals surface area contributed by atoms with Gasteiger partial charge in [0.1, 0.15) is 0 Å². The average Bonchev–Trinajstić information content (AvgIpc) is 3.27. The van der Waals surface area contributed by atoms with Crippen LogP contribution in [0.5, 0.6) is 0 Å². The summed E-state index contributed by atoms with van der Waals surface area (Å²) >= 11 is 0. The van der Waals surface area contributed by atoms with Crippen LogP contribution in [0.15, 0.2) is 224 Å². The molecule has 0 heterocycles. The minimum Gasteiger partial charge on any atom is -0.310 e. The Bertz CT molecular complexity index is 2830. The smallest absolute Gasteiger partial charge is 0.0546 e. The fourth-order valence-corrected chi connectivity index (χ4v) is 7.99. The molecule has 0 amide bonds. The third-order valence-electron chi connectivity index (χ3n) is 10.8. The van der Waals surface area contributed by atoms with E-state index >= 15 is 0 Å². The van der Waals surface area contributed by atoms with Crippen molar-refractivity contribution in [1.29, 1.82) is 0 Å². The van der Waals surface area contributed by atoms with E-state index in [-0.39, 0.29) is 0 Å². The number of hydrogen-bond acceptors (Lipinski definition) is 1. The fourth-order valence-electron chi connectivity index (χ4n) is 7.99. The van der Waals surface area contributed by atoms with Gasteiger partial charge in [-0.1, -0.05) is 182 Å². The maximum absolute atomic E-state index is 2.42. The van der Waals surface area contributed by atoms with E-state index in [2.05, 4.69) is 229 Å². The van der Waals surface area contributed by atoms with Gasteiger partial charge in [0.05, 0.1) is 5.69 Å². The SMILES string of the molecule is c1ccc(-c2ccc(-c3cccc4ccccc34)cc2N(c2ccc(-c3ccc4ccccc4c3)cc2)c2ccc(-c3ccc4ccccc4c3)cc2)cc1. The molecule has 1 nitrogen and oxygen atoms in total. The Morgan fingerprint density at radius 1 is 0.236 bits per heavy atom. The summed E-state index contributed by atoms with van der Waals surface area (Å²) < 4.78 is 0. The van der Waals surface area contributed by atoms with E-state index in [1.807, 2.05) is 0 Å². The summed E-state index contributed by atoms with van der Waals surface area (Å²) in [7, 11) is 0. The predicted molar refractivity (Wildman–Crippen MR) is 235 cm³/mol. The molecule has 0 aliphatic carbocycles. The Kier molecular flexibility index (Phi) is 8.24. The number of rotatable bonds is 7. The van der Waals surface area contributed by atoms with Crippen molar-refractivity contribution in [3.63, 3.8) is 0 Å². The van der Waals surface area contributed by atoms with Gasteiger partial charge in [-0.3, -0.25) is 0 Å². The molecule has 10 aromatic rings. The Labute approximate surface area is 322 Å². The van der Waals surface area contributed by atoms with Gasteiger partial charge in [-0.15, -0.1) is 0 Å². The number of hydrogen-bond donors (Lipinski definition) is 0. The van der Waals surface area contributed by atoms with Crippen molar-refractivity contribution in [1.82, 2.24) is 0 Å². The van der Waals surface area contributed by atoms with Gasteiger partial charge in [0.15, 0.2) is 0 Å². The second kappa shape index (κ2) is 14.0. The molecule has 10 rings (SSSR count). The van der Waals surface area contributed by atoms with Crippen LogP contribution in [0.25, 0.3) is 76.8 Å². The minimum atomic E-state index is 1.09. The van der Waals surface area contributed by atoms with Gasteiger partial charge in [-0.25, -0.2) is 0 Å². The minimum absolute atomic E-state index is 1.09. The molecule has 0 radical (unpaired) electrons. The first-order chi connectivity index (χ1) is 27.2. The van der Waals surface area contributed by atoms with Crippen molar-refractivity contribution >= 4 is 49.4 Å². The Hall–Kier alpha value is -7.22. The van der Waals surface area contributed by atoms with Crippen LogP contribution in [0, 0.1) is 0 Å². The lowest BCUT2D eigenvalue weighted by Crippen LogP contribution is -2.11. The topological polar surface area (TPSA) is 3.24 Å². The van der Waals surface area contributed by atoms with Gasteiger partial charge >= 0.3 is 0 Å². The average molecular weight is 700 g/mol. The van der Waals surface area contributed by atoms with E-state index in [0.29, 0.717) is 0 Å². The van der Waals surface area contributed by atoms with E-state index in [4.69, 9.17) is 0 Å². The number of fused-ring (bicyclic) bond motifs is 3. The van der Waals surface area contributed by atoms with E-state index in [0.717, 1.165) is 17.1 Å². The molecule has 0 spiro atoms. The second-order valence-corrected chi connectivity index (χ2v) is 14.2. The molecule has 0 aliphatic rings. The zero-order valence-electron chi connectivity index (χ0n) is 30.3. The van der Waals surface area contributed by atoms with E-state index < -0.39 is 0 Å². The van der Waals surface area contributed by atoms with Gasteiger partial charge in [0.2, 0.25) is 0 Å². The summed E-state index contributed by atoms with van der Waals surface area (Å²) in [6, 6.07) is 81.6. The fraction of sp³-hybridized carbons (Fsp3) is 0. The highest BCUT2D eigenvalue weighted by Gasteiger charge is 2.20. The first-order valence-corrected chi connectivity index (χ1v) is 18.9. The first-order valence-electron chi connectivity index (χ1n) is 18.9. The van der Waals surface area contributed by atoms with Crippen molar-refractivity contribution in [3.8, 4) is 44.5 Å². The summed E-state index contributed by atoms with van der Waals surface area (Å²) in [5, 5.41) is 7.47. The molecule has 0 fully saturated rings. The Balaban J connectivity index is 1.14. The third-order valence-corrected chi connectivity index (χ3v) is 10.8.